The van der Waals surface area contributed by atoms with Gasteiger partial charge in [0.15, 0.2) is 0 Å². The summed E-state index contributed by atoms with van der Waals surface area (Å²) in [4.78, 5) is 0. The molecule has 2 unspecified atom stereocenters. The lowest BCUT2D eigenvalue weighted by Crippen LogP contribution is -2.38. The zero-order chi connectivity index (χ0) is 10.9. The molecule has 0 radical (unpaired) electrons. The fourth-order valence-corrected chi connectivity index (χ4v) is 5.50. The van der Waals surface area contributed by atoms with E-state index in [2.05, 4.69) is 24.3 Å². The summed E-state index contributed by atoms with van der Waals surface area (Å²) in [5, 5.41) is -0.0141. The fraction of sp³-hybridized carbons (Fsp3) is 0.455. The Hall–Kier alpha value is 0.307. The van der Waals surface area contributed by atoms with E-state index in [1.165, 1.54) is 5.56 Å². The van der Waals surface area contributed by atoms with Gasteiger partial charge in [-0.15, -0.1) is 33.8 Å². The van der Waals surface area contributed by atoms with Crippen molar-refractivity contribution in [1.82, 2.24) is 0 Å². The molecule has 2 rings (SSSR count). The minimum Gasteiger partial charge on any atom is -0.144 e. The summed E-state index contributed by atoms with van der Waals surface area (Å²) in [6.45, 7) is -2.16. The normalized spacial score (nSPS) is 30.1. The van der Waals surface area contributed by atoms with Crippen LogP contribution in [0.1, 0.15) is 24.3 Å². The number of benzene rings is 1. The van der Waals surface area contributed by atoms with Crippen LogP contribution in [0, 0.1) is 0 Å². The first-order valence-electron chi connectivity index (χ1n) is 5.16. The molecule has 1 aliphatic heterocycles. The van der Waals surface area contributed by atoms with E-state index in [4.69, 9.17) is 33.8 Å². The van der Waals surface area contributed by atoms with Gasteiger partial charge in [0.25, 0.3) is 6.69 Å². The Bertz CT molecular complexity index is 326. The third-order valence-corrected chi connectivity index (χ3v) is 9.83. The van der Waals surface area contributed by atoms with Crippen molar-refractivity contribution in [3.05, 3.63) is 35.9 Å². The summed E-state index contributed by atoms with van der Waals surface area (Å²) in [5.41, 5.74) is 1.36. The SMILES string of the molecule is ClC1CC(c2ccccc2)CC[Si]1(Cl)Cl. The highest BCUT2D eigenvalue weighted by atomic mass is 35.7. The van der Waals surface area contributed by atoms with Gasteiger partial charge in [0.05, 0.1) is 5.00 Å². The van der Waals surface area contributed by atoms with Gasteiger partial charge in [0, 0.05) is 0 Å². The van der Waals surface area contributed by atoms with Gasteiger partial charge < -0.3 is 0 Å². The molecule has 4 heteroatoms. The molecule has 0 aliphatic carbocycles. The molecule has 1 fully saturated rings. The number of alkyl halides is 1. The number of halogens is 3. The Balaban J connectivity index is 2.10. The molecule has 1 aromatic carbocycles. The predicted octanol–water partition coefficient (Wildman–Crippen LogP) is 4.63. The van der Waals surface area contributed by atoms with Crippen LogP contribution in [0.3, 0.4) is 0 Å². The molecular formula is C11H13Cl3Si. The molecule has 1 aromatic rings. The highest BCUT2D eigenvalue weighted by molar-refractivity contribution is 7.47. The smallest absolute Gasteiger partial charge is 0.144 e. The van der Waals surface area contributed by atoms with E-state index >= 15 is 0 Å². The lowest BCUT2D eigenvalue weighted by molar-refractivity contribution is 0.598. The molecule has 1 aliphatic rings. The van der Waals surface area contributed by atoms with Crippen molar-refractivity contribution in [1.29, 1.82) is 0 Å². The van der Waals surface area contributed by atoms with Crippen LogP contribution >= 0.6 is 33.8 Å². The summed E-state index contributed by atoms with van der Waals surface area (Å²) in [7, 11) is 0. The minimum atomic E-state index is -2.16. The van der Waals surface area contributed by atoms with Crippen LogP contribution in [-0.2, 0) is 0 Å². The Morgan fingerprint density at radius 1 is 1.13 bits per heavy atom. The molecule has 0 N–H and O–H groups in total. The summed E-state index contributed by atoms with van der Waals surface area (Å²) >= 11 is 18.7. The van der Waals surface area contributed by atoms with E-state index in [1.807, 2.05) is 6.07 Å². The van der Waals surface area contributed by atoms with E-state index in [9.17, 15) is 0 Å². The van der Waals surface area contributed by atoms with Crippen molar-refractivity contribution >= 4 is 40.5 Å². The van der Waals surface area contributed by atoms with Crippen LogP contribution < -0.4 is 0 Å². The molecule has 0 nitrogen and oxygen atoms in total. The number of hydrogen-bond acceptors (Lipinski definition) is 0. The van der Waals surface area contributed by atoms with E-state index < -0.39 is 6.69 Å². The lowest BCUT2D eigenvalue weighted by atomic mass is 9.93. The van der Waals surface area contributed by atoms with Crippen molar-refractivity contribution in [2.45, 2.75) is 29.8 Å². The van der Waals surface area contributed by atoms with Gasteiger partial charge in [0.2, 0.25) is 0 Å². The minimum absolute atomic E-state index is 0.0141. The summed E-state index contributed by atoms with van der Waals surface area (Å²) in [6.07, 6.45) is 2.00. The predicted molar refractivity (Wildman–Crippen MR) is 70.3 cm³/mol. The Labute approximate surface area is 106 Å². The van der Waals surface area contributed by atoms with Crippen LogP contribution in [0.2, 0.25) is 6.04 Å². The Morgan fingerprint density at radius 3 is 2.40 bits per heavy atom. The second-order valence-electron chi connectivity index (χ2n) is 4.11. The number of rotatable bonds is 1. The maximum absolute atomic E-state index is 6.25. The topological polar surface area (TPSA) is 0 Å². The maximum Gasteiger partial charge on any atom is 0.268 e. The van der Waals surface area contributed by atoms with E-state index in [-0.39, 0.29) is 5.00 Å². The van der Waals surface area contributed by atoms with Gasteiger partial charge in [-0.25, -0.2) is 0 Å². The Morgan fingerprint density at radius 2 is 1.80 bits per heavy atom. The molecule has 0 bridgehead atoms. The molecule has 0 aromatic heterocycles. The van der Waals surface area contributed by atoms with Crippen LogP contribution in [0.5, 0.6) is 0 Å². The highest BCUT2D eigenvalue weighted by Gasteiger charge is 2.42. The third-order valence-electron chi connectivity index (χ3n) is 3.05. The zero-order valence-corrected chi connectivity index (χ0v) is 11.6. The third kappa shape index (κ3) is 2.70. The van der Waals surface area contributed by atoms with E-state index in [0.29, 0.717) is 5.92 Å². The van der Waals surface area contributed by atoms with Crippen LogP contribution in [0.25, 0.3) is 0 Å². The second-order valence-corrected chi connectivity index (χ2v) is 12.3. The van der Waals surface area contributed by atoms with Crippen molar-refractivity contribution in [2.24, 2.45) is 0 Å². The van der Waals surface area contributed by atoms with Gasteiger partial charge in [-0.3, -0.25) is 0 Å². The Kier molecular flexibility index (Phi) is 3.66. The standard InChI is InChI=1S/C11H13Cl3Si/c12-11-8-10(6-7-15(11,13)14)9-4-2-1-3-5-9/h1-5,10-11H,6-8H2. The van der Waals surface area contributed by atoms with Crippen molar-refractivity contribution in [3.8, 4) is 0 Å². The first-order chi connectivity index (χ1) is 7.09. The molecule has 0 saturated carbocycles. The molecule has 0 spiro atoms. The molecular weight excluding hydrogens is 267 g/mol. The van der Waals surface area contributed by atoms with Crippen molar-refractivity contribution in [2.75, 3.05) is 0 Å². The van der Waals surface area contributed by atoms with Crippen molar-refractivity contribution in [3.63, 3.8) is 0 Å². The summed E-state index contributed by atoms with van der Waals surface area (Å²) in [5.74, 6) is 0.534. The maximum atomic E-state index is 6.25. The second kappa shape index (κ2) is 4.66. The van der Waals surface area contributed by atoms with Gasteiger partial charge in [-0.05, 0) is 30.4 Å². The molecule has 2 atom stereocenters. The number of hydrogen-bond donors (Lipinski definition) is 0. The van der Waals surface area contributed by atoms with Crippen molar-refractivity contribution < 1.29 is 0 Å². The fourth-order valence-electron chi connectivity index (χ4n) is 2.09. The van der Waals surface area contributed by atoms with Crippen LogP contribution in [-0.4, -0.2) is 11.7 Å². The quantitative estimate of drug-likeness (QED) is 0.399. The van der Waals surface area contributed by atoms with Crippen LogP contribution in [0.4, 0.5) is 0 Å². The van der Waals surface area contributed by atoms with Gasteiger partial charge in [-0.2, -0.15) is 0 Å². The summed E-state index contributed by atoms with van der Waals surface area (Å²) in [6, 6.07) is 11.4. The molecule has 1 saturated heterocycles. The van der Waals surface area contributed by atoms with Gasteiger partial charge >= 0.3 is 0 Å². The zero-order valence-electron chi connectivity index (χ0n) is 8.30. The monoisotopic (exact) mass is 278 g/mol. The molecule has 0 amide bonds. The average molecular weight is 280 g/mol. The first kappa shape index (κ1) is 11.8. The average Bonchev–Trinajstić information content (AvgIpc) is 2.23. The highest BCUT2D eigenvalue weighted by Crippen LogP contribution is 2.43. The van der Waals surface area contributed by atoms with Crippen LogP contribution in [0.15, 0.2) is 30.3 Å². The summed E-state index contributed by atoms with van der Waals surface area (Å²) < 4.78 is 0. The largest absolute Gasteiger partial charge is 0.268 e. The van der Waals surface area contributed by atoms with E-state index in [0.717, 1.165) is 18.9 Å². The molecule has 82 valence electrons. The van der Waals surface area contributed by atoms with Gasteiger partial charge in [-0.1, -0.05) is 30.3 Å². The first-order valence-corrected chi connectivity index (χ1v) is 9.91. The van der Waals surface area contributed by atoms with E-state index in [1.54, 1.807) is 0 Å². The molecule has 1 heterocycles. The van der Waals surface area contributed by atoms with Gasteiger partial charge in [0.1, 0.15) is 0 Å². The lowest BCUT2D eigenvalue weighted by Gasteiger charge is -2.33. The molecule has 15 heavy (non-hydrogen) atoms.